The van der Waals surface area contributed by atoms with Crippen LogP contribution in [0.3, 0.4) is 0 Å². The molecule has 2 fully saturated rings. The molecule has 126 valence electrons. The average Bonchev–Trinajstić information content (AvgIpc) is 2.93. The van der Waals surface area contributed by atoms with E-state index in [-0.39, 0.29) is 24.8 Å². The summed E-state index contributed by atoms with van der Waals surface area (Å²) in [7, 11) is 0. The van der Waals surface area contributed by atoms with Crippen LogP contribution in [0.5, 0.6) is 0 Å². The van der Waals surface area contributed by atoms with Gasteiger partial charge >= 0.3 is 0 Å². The fourth-order valence-corrected chi connectivity index (χ4v) is 4.20. The van der Waals surface area contributed by atoms with Crippen LogP contribution in [0.25, 0.3) is 0 Å². The lowest BCUT2D eigenvalue weighted by Crippen LogP contribution is -2.46. The second kappa shape index (κ2) is 9.12. The molecule has 0 radical (unpaired) electrons. The molecule has 1 saturated carbocycles. The first kappa shape index (κ1) is 19.8. The number of rotatable bonds is 3. The zero-order chi connectivity index (χ0) is 13.9. The van der Waals surface area contributed by atoms with Crippen LogP contribution in [0.2, 0.25) is 0 Å². The highest BCUT2D eigenvalue weighted by Crippen LogP contribution is 2.40. The maximum Gasteiger partial charge on any atom is 0.0377 e. The van der Waals surface area contributed by atoms with Gasteiger partial charge in [0.1, 0.15) is 0 Å². The van der Waals surface area contributed by atoms with Crippen molar-refractivity contribution in [2.75, 3.05) is 26.2 Å². The summed E-state index contributed by atoms with van der Waals surface area (Å²) in [6, 6.07) is 7.81. The summed E-state index contributed by atoms with van der Waals surface area (Å²) in [5.41, 5.74) is 4.40. The van der Waals surface area contributed by atoms with E-state index in [0.29, 0.717) is 6.04 Å². The molecule has 4 heteroatoms. The molecule has 0 unspecified atom stereocenters. The summed E-state index contributed by atoms with van der Waals surface area (Å²) in [5.74, 6) is 0.870. The molecule has 2 nitrogen and oxygen atoms in total. The molecule has 1 saturated heterocycles. The normalized spacial score (nSPS) is 21.0. The Balaban J connectivity index is 0.00000121. The Labute approximate surface area is 147 Å². The number of hydrogen-bond acceptors (Lipinski definition) is 2. The Morgan fingerprint density at radius 1 is 0.955 bits per heavy atom. The Bertz CT molecular complexity index is 432. The summed E-state index contributed by atoms with van der Waals surface area (Å²) < 4.78 is 0. The lowest BCUT2D eigenvalue weighted by Gasteiger charge is -2.39. The minimum atomic E-state index is 0. The molecule has 1 aliphatic carbocycles. The van der Waals surface area contributed by atoms with Crippen molar-refractivity contribution in [1.82, 2.24) is 10.2 Å². The number of aryl methyl sites for hydroxylation is 2. The molecule has 1 atom stereocenters. The van der Waals surface area contributed by atoms with E-state index >= 15 is 0 Å². The smallest absolute Gasteiger partial charge is 0.0377 e. The van der Waals surface area contributed by atoms with Crippen molar-refractivity contribution in [2.24, 2.45) is 5.92 Å². The summed E-state index contributed by atoms with van der Waals surface area (Å²) in [6.45, 7) is 9.17. The predicted molar refractivity (Wildman–Crippen MR) is 99.6 cm³/mol. The molecule has 0 amide bonds. The zero-order valence-corrected chi connectivity index (χ0v) is 15.4. The van der Waals surface area contributed by atoms with Gasteiger partial charge in [0.25, 0.3) is 0 Å². The van der Waals surface area contributed by atoms with Crippen molar-refractivity contribution in [3.63, 3.8) is 0 Å². The van der Waals surface area contributed by atoms with E-state index in [1.807, 2.05) is 0 Å². The summed E-state index contributed by atoms with van der Waals surface area (Å²) in [6.07, 6.45) is 5.69. The lowest BCUT2D eigenvalue weighted by molar-refractivity contribution is 0.125. The van der Waals surface area contributed by atoms with Gasteiger partial charge in [-0.1, -0.05) is 42.2 Å². The largest absolute Gasteiger partial charge is 0.314 e. The van der Waals surface area contributed by atoms with E-state index in [4.69, 9.17) is 0 Å². The Hall–Kier alpha value is -0.280. The molecular formula is C18H30Cl2N2. The van der Waals surface area contributed by atoms with E-state index < -0.39 is 0 Å². The van der Waals surface area contributed by atoms with E-state index in [2.05, 4.69) is 42.3 Å². The number of benzene rings is 1. The fraction of sp³-hybridized carbons (Fsp3) is 0.667. The molecule has 1 aliphatic heterocycles. The third kappa shape index (κ3) is 4.61. The molecule has 1 N–H and O–H groups in total. The van der Waals surface area contributed by atoms with Crippen LogP contribution >= 0.6 is 24.8 Å². The topological polar surface area (TPSA) is 15.3 Å². The molecule has 1 aromatic carbocycles. The first-order chi connectivity index (χ1) is 9.74. The third-order valence-corrected chi connectivity index (χ3v) is 4.98. The first-order valence-corrected chi connectivity index (χ1v) is 8.27. The monoisotopic (exact) mass is 344 g/mol. The first-order valence-electron chi connectivity index (χ1n) is 8.27. The molecule has 0 spiro atoms. The van der Waals surface area contributed by atoms with Crippen molar-refractivity contribution in [3.8, 4) is 0 Å². The van der Waals surface area contributed by atoms with Gasteiger partial charge in [0.2, 0.25) is 0 Å². The highest BCUT2D eigenvalue weighted by Gasteiger charge is 2.31. The van der Waals surface area contributed by atoms with Gasteiger partial charge in [0.05, 0.1) is 0 Å². The van der Waals surface area contributed by atoms with Crippen LogP contribution in [0.15, 0.2) is 18.2 Å². The Kier molecular flexibility index (Phi) is 8.20. The molecule has 0 aromatic heterocycles. The van der Waals surface area contributed by atoms with Crippen LogP contribution < -0.4 is 5.32 Å². The van der Waals surface area contributed by atoms with Gasteiger partial charge in [-0.2, -0.15) is 0 Å². The second-order valence-electron chi connectivity index (χ2n) is 6.70. The molecule has 3 rings (SSSR count). The van der Waals surface area contributed by atoms with Crippen molar-refractivity contribution in [1.29, 1.82) is 0 Å². The van der Waals surface area contributed by atoms with Gasteiger partial charge in [0.15, 0.2) is 0 Å². The van der Waals surface area contributed by atoms with Crippen molar-refractivity contribution < 1.29 is 0 Å². The second-order valence-corrected chi connectivity index (χ2v) is 6.70. The van der Waals surface area contributed by atoms with Crippen molar-refractivity contribution in [3.05, 3.63) is 34.9 Å². The lowest BCUT2D eigenvalue weighted by atomic mass is 9.88. The van der Waals surface area contributed by atoms with E-state index in [9.17, 15) is 0 Å². The van der Waals surface area contributed by atoms with Crippen LogP contribution in [0.1, 0.15) is 48.4 Å². The van der Waals surface area contributed by atoms with Gasteiger partial charge in [-0.05, 0) is 38.2 Å². The Morgan fingerprint density at radius 3 is 2.05 bits per heavy atom. The Morgan fingerprint density at radius 2 is 1.50 bits per heavy atom. The zero-order valence-electron chi connectivity index (χ0n) is 13.8. The van der Waals surface area contributed by atoms with Gasteiger partial charge < -0.3 is 5.32 Å². The molecule has 2 aliphatic rings. The van der Waals surface area contributed by atoms with E-state index in [0.717, 1.165) is 19.0 Å². The third-order valence-electron chi connectivity index (χ3n) is 4.98. The predicted octanol–water partition coefficient (Wildman–Crippen LogP) is 4.28. The molecule has 1 aromatic rings. The maximum atomic E-state index is 3.49. The van der Waals surface area contributed by atoms with Gasteiger partial charge in [-0.3, -0.25) is 4.90 Å². The summed E-state index contributed by atoms with van der Waals surface area (Å²) in [4.78, 5) is 2.74. The quantitative estimate of drug-likeness (QED) is 0.879. The van der Waals surface area contributed by atoms with Crippen LogP contribution in [0.4, 0.5) is 0 Å². The molecular weight excluding hydrogens is 315 g/mol. The number of halogens is 2. The van der Waals surface area contributed by atoms with Crippen LogP contribution in [0, 0.1) is 19.8 Å². The van der Waals surface area contributed by atoms with E-state index in [1.165, 1.54) is 49.9 Å². The summed E-state index contributed by atoms with van der Waals surface area (Å²) >= 11 is 0. The molecule has 22 heavy (non-hydrogen) atoms. The summed E-state index contributed by atoms with van der Waals surface area (Å²) in [5, 5.41) is 3.49. The van der Waals surface area contributed by atoms with Gasteiger partial charge in [-0.25, -0.2) is 0 Å². The highest BCUT2D eigenvalue weighted by molar-refractivity contribution is 5.85. The van der Waals surface area contributed by atoms with Gasteiger partial charge in [-0.15, -0.1) is 24.8 Å². The number of piperazine rings is 1. The minimum absolute atomic E-state index is 0. The number of nitrogens with zero attached hydrogens (tertiary/aromatic N) is 1. The SMILES string of the molecule is Cc1cc(C)cc([C@@H](C2CCCC2)N2CCNCC2)c1.Cl.Cl. The molecule has 1 heterocycles. The van der Waals surface area contributed by atoms with Crippen LogP contribution in [-0.4, -0.2) is 31.1 Å². The van der Waals surface area contributed by atoms with Crippen molar-refractivity contribution in [2.45, 2.75) is 45.6 Å². The number of nitrogens with one attached hydrogen (secondary N) is 1. The fourth-order valence-electron chi connectivity index (χ4n) is 4.20. The average molecular weight is 345 g/mol. The van der Waals surface area contributed by atoms with Gasteiger partial charge in [0, 0.05) is 32.2 Å². The number of hydrogen-bond donors (Lipinski definition) is 1. The standard InChI is InChI=1S/C18H28N2.2ClH/c1-14-11-15(2)13-17(12-14)18(16-5-3-4-6-16)20-9-7-19-8-10-20;;/h11-13,16,18-19H,3-10H2,1-2H3;2*1H/t18-;;/m1../s1. The maximum absolute atomic E-state index is 3.49. The van der Waals surface area contributed by atoms with E-state index in [1.54, 1.807) is 5.56 Å². The molecule has 0 bridgehead atoms. The minimum Gasteiger partial charge on any atom is -0.314 e. The van der Waals surface area contributed by atoms with Crippen molar-refractivity contribution >= 4 is 24.8 Å². The highest BCUT2D eigenvalue weighted by atomic mass is 35.5. The van der Waals surface area contributed by atoms with Crippen LogP contribution in [-0.2, 0) is 0 Å².